The third-order valence-corrected chi connectivity index (χ3v) is 3.37. The average Bonchev–Trinajstić information content (AvgIpc) is 2.68. The van der Waals surface area contributed by atoms with E-state index in [4.69, 9.17) is 5.11 Å². The van der Waals surface area contributed by atoms with Gasteiger partial charge in [0.25, 0.3) is 0 Å². The van der Waals surface area contributed by atoms with Crippen LogP contribution >= 0.6 is 0 Å². The Morgan fingerprint density at radius 3 is 2.76 bits per heavy atom. The molecular formula is C13H18N4O4. The SMILES string of the molecule is Cc1cc(NC(=O)N2CCCN(C)C(=O)C2)c(C(=O)O)[nH]1. The third kappa shape index (κ3) is 3.33. The molecule has 0 atom stereocenters. The van der Waals surface area contributed by atoms with E-state index in [9.17, 15) is 14.4 Å². The number of rotatable bonds is 2. The molecule has 21 heavy (non-hydrogen) atoms. The van der Waals surface area contributed by atoms with Crippen LogP contribution in [0, 0.1) is 6.92 Å². The first-order chi connectivity index (χ1) is 9.88. The summed E-state index contributed by atoms with van der Waals surface area (Å²) in [4.78, 5) is 40.7. The first-order valence-electron chi connectivity index (χ1n) is 6.61. The van der Waals surface area contributed by atoms with E-state index >= 15 is 0 Å². The van der Waals surface area contributed by atoms with Crippen molar-refractivity contribution in [1.82, 2.24) is 14.8 Å². The molecule has 3 N–H and O–H groups in total. The van der Waals surface area contributed by atoms with Crippen LogP contribution in [-0.2, 0) is 4.79 Å². The zero-order chi connectivity index (χ0) is 15.6. The number of nitrogens with zero attached hydrogens (tertiary/aromatic N) is 2. The molecule has 1 fully saturated rings. The summed E-state index contributed by atoms with van der Waals surface area (Å²) in [5, 5.41) is 11.6. The molecule has 8 heteroatoms. The molecule has 2 heterocycles. The molecule has 2 rings (SSSR count). The largest absolute Gasteiger partial charge is 0.477 e. The molecule has 0 aliphatic carbocycles. The van der Waals surface area contributed by atoms with Crippen LogP contribution in [0.15, 0.2) is 6.07 Å². The van der Waals surface area contributed by atoms with E-state index < -0.39 is 12.0 Å². The van der Waals surface area contributed by atoms with E-state index in [2.05, 4.69) is 10.3 Å². The van der Waals surface area contributed by atoms with Gasteiger partial charge in [-0.25, -0.2) is 9.59 Å². The summed E-state index contributed by atoms with van der Waals surface area (Å²) >= 11 is 0. The molecule has 1 saturated heterocycles. The van der Waals surface area contributed by atoms with Crippen LogP contribution in [-0.4, -0.2) is 64.5 Å². The summed E-state index contributed by atoms with van der Waals surface area (Å²) in [7, 11) is 1.70. The number of H-pyrrole nitrogens is 1. The lowest BCUT2D eigenvalue weighted by Gasteiger charge is -2.20. The number of carboxylic acids is 1. The van der Waals surface area contributed by atoms with Gasteiger partial charge in [0.1, 0.15) is 12.2 Å². The van der Waals surface area contributed by atoms with Gasteiger partial charge in [-0.2, -0.15) is 0 Å². The van der Waals surface area contributed by atoms with Crippen molar-refractivity contribution in [2.24, 2.45) is 0 Å². The number of nitrogens with one attached hydrogen (secondary N) is 2. The Hall–Kier alpha value is -2.51. The predicted octanol–water partition coefficient (Wildman–Crippen LogP) is 0.717. The molecule has 8 nitrogen and oxygen atoms in total. The molecule has 0 bridgehead atoms. The van der Waals surface area contributed by atoms with Crippen LogP contribution in [0.5, 0.6) is 0 Å². The minimum absolute atomic E-state index is 0.00581. The van der Waals surface area contributed by atoms with Crippen molar-refractivity contribution in [2.75, 3.05) is 32.0 Å². The highest BCUT2D eigenvalue weighted by atomic mass is 16.4. The fraction of sp³-hybridized carbons (Fsp3) is 0.462. The topological polar surface area (TPSA) is 106 Å². The van der Waals surface area contributed by atoms with Gasteiger partial charge in [0, 0.05) is 25.8 Å². The maximum atomic E-state index is 12.2. The van der Waals surface area contributed by atoms with Gasteiger partial charge in [-0.05, 0) is 19.4 Å². The number of aromatic nitrogens is 1. The first-order valence-corrected chi connectivity index (χ1v) is 6.61. The van der Waals surface area contributed by atoms with Gasteiger partial charge < -0.3 is 25.2 Å². The smallest absolute Gasteiger partial charge is 0.354 e. The molecule has 1 aromatic rings. The van der Waals surface area contributed by atoms with Gasteiger partial charge >= 0.3 is 12.0 Å². The summed E-state index contributed by atoms with van der Waals surface area (Å²) in [6.07, 6.45) is 0.688. The molecule has 1 aromatic heterocycles. The lowest BCUT2D eigenvalue weighted by atomic mass is 10.3. The quantitative estimate of drug-likeness (QED) is 0.747. The standard InChI is InChI=1S/C13H18N4O4/c1-8-6-9(11(14-8)12(19)20)15-13(21)17-5-3-4-16(2)10(18)7-17/h6,14H,3-5,7H2,1-2H3,(H,15,21)(H,19,20). The van der Waals surface area contributed by atoms with Crippen molar-refractivity contribution >= 4 is 23.6 Å². The lowest BCUT2D eigenvalue weighted by molar-refractivity contribution is -0.129. The van der Waals surface area contributed by atoms with Crippen molar-refractivity contribution in [3.05, 3.63) is 17.5 Å². The van der Waals surface area contributed by atoms with E-state index in [-0.39, 0.29) is 23.8 Å². The molecule has 0 unspecified atom stereocenters. The predicted molar refractivity (Wildman–Crippen MR) is 75.3 cm³/mol. The fourth-order valence-electron chi connectivity index (χ4n) is 2.21. The summed E-state index contributed by atoms with van der Waals surface area (Å²) in [5.41, 5.74) is 0.767. The van der Waals surface area contributed by atoms with Crippen LogP contribution in [0.3, 0.4) is 0 Å². The van der Waals surface area contributed by atoms with Crippen molar-refractivity contribution in [2.45, 2.75) is 13.3 Å². The normalized spacial score (nSPS) is 15.8. The van der Waals surface area contributed by atoms with Gasteiger partial charge in [0.15, 0.2) is 0 Å². The molecule has 1 aliphatic heterocycles. The summed E-state index contributed by atoms with van der Waals surface area (Å²) in [5.74, 6) is -1.28. The molecule has 0 spiro atoms. The monoisotopic (exact) mass is 294 g/mol. The second-order valence-electron chi connectivity index (χ2n) is 5.07. The molecular weight excluding hydrogens is 276 g/mol. The van der Waals surface area contributed by atoms with E-state index in [1.54, 1.807) is 24.9 Å². The Labute approximate surface area is 121 Å². The maximum Gasteiger partial charge on any atom is 0.354 e. The third-order valence-electron chi connectivity index (χ3n) is 3.37. The van der Waals surface area contributed by atoms with Crippen LogP contribution in [0.25, 0.3) is 0 Å². The average molecular weight is 294 g/mol. The van der Waals surface area contributed by atoms with Crippen LogP contribution in [0.4, 0.5) is 10.5 Å². The number of carbonyl (C=O) groups excluding carboxylic acids is 2. The zero-order valence-electron chi connectivity index (χ0n) is 12.0. The maximum absolute atomic E-state index is 12.2. The van der Waals surface area contributed by atoms with Crippen LogP contribution < -0.4 is 5.32 Å². The number of carboxylic acid groups (broad SMARTS) is 1. The van der Waals surface area contributed by atoms with Crippen molar-refractivity contribution in [3.63, 3.8) is 0 Å². The number of aromatic carboxylic acids is 1. The number of anilines is 1. The van der Waals surface area contributed by atoms with Gasteiger partial charge in [-0.1, -0.05) is 0 Å². The molecule has 114 valence electrons. The van der Waals surface area contributed by atoms with Gasteiger partial charge in [0.2, 0.25) is 5.91 Å². The number of aryl methyl sites for hydroxylation is 1. The second kappa shape index (κ2) is 5.86. The van der Waals surface area contributed by atoms with Crippen LogP contribution in [0.1, 0.15) is 22.6 Å². The fourth-order valence-corrected chi connectivity index (χ4v) is 2.21. The van der Waals surface area contributed by atoms with Gasteiger partial charge in [0.05, 0.1) is 5.69 Å². The summed E-state index contributed by atoms with van der Waals surface area (Å²) in [6, 6.07) is 1.08. The summed E-state index contributed by atoms with van der Waals surface area (Å²) in [6.45, 7) is 2.75. The Kier molecular flexibility index (Phi) is 4.15. The van der Waals surface area contributed by atoms with Gasteiger partial charge in [-0.3, -0.25) is 4.79 Å². The van der Waals surface area contributed by atoms with E-state index in [1.807, 2.05) is 0 Å². The highest BCUT2D eigenvalue weighted by Crippen LogP contribution is 2.17. The molecule has 1 aliphatic rings. The Morgan fingerprint density at radius 2 is 2.10 bits per heavy atom. The second-order valence-corrected chi connectivity index (χ2v) is 5.07. The number of carbonyl (C=O) groups is 3. The van der Waals surface area contributed by atoms with Gasteiger partial charge in [-0.15, -0.1) is 0 Å². The number of urea groups is 1. The number of amides is 3. The summed E-state index contributed by atoms with van der Waals surface area (Å²) < 4.78 is 0. The molecule has 0 radical (unpaired) electrons. The van der Waals surface area contributed by atoms with Crippen molar-refractivity contribution in [3.8, 4) is 0 Å². The van der Waals surface area contributed by atoms with Crippen molar-refractivity contribution in [1.29, 1.82) is 0 Å². The van der Waals surface area contributed by atoms with E-state index in [0.717, 1.165) is 0 Å². The number of likely N-dealkylation sites (N-methyl/N-ethyl adjacent to an activating group) is 1. The Morgan fingerprint density at radius 1 is 1.38 bits per heavy atom. The number of aromatic amines is 1. The molecule has 3 amide bonds. The number of hydrogen-bond donors (Lipinski definition) is 3. The highest BCUT2D eigenvalue weighted by molar-refractivity contribution is 5.99. The van der Waals surface area contributed by atoms with Crippen molar-refractivity contribution < 1.29 is 19.5 Å². The zero-order valence-corrected chi connectivity index (χ0v) is 12.0. The Balaban J connectivity index is 2.11. The highest BCUT2D eigenvalue weighted by Gasteiger charge is 2.24. The number of hydrogen-bond acceptors (Lipinski definition) is 3. The minimum atomic E-state index is -1.15. The molecule has 0 aromatic carbocycles. The Bertz CT molecular complexity index is 581. The minimum Gasteiger partial charge on any atom is -0.477 e. The van der Waals surface area contributed by atoms with Crippen LogP contribution in [0.2, 0.25) is 0 Å². The first kappa shape index (κ1) is 14.9. The molecule has 0 saturated carbocycles. The van der Waals surface area contributed by atoms with E-state index in [0.29, 0.717) is 25.2 Å². The lowest BCUT2D eigenvalue weighted by Crippen LogP contribution is -2.40. The van der Waals surface area contributed by atoms with E-state index in [1.165, 1.54) is 4.90 Å².